The maximum absolute atomic E-state index is 5.46. The van der Waals surface area contributed by atoms with Gasteiger partial charge in [-0.3, -0.25) is 0 Å². The van der Waals surface area contributed by atoms with E-state index in [2.05, 4.69) is 32.7 Å². The molecule has 0 bridgehead atoms. The van der Waals surface area contributed by atoms with Crippen molar-refractivity contribution in [3.63, 3.8) is 0 Å². The van der Waals surface area contributed by atoms with E-state index >= 15 is 0 Å². The highest BCUT2D eigenvalue weighted by Gasteiger charge is 2.21. The monoisotopic (exact) mass is 213 g/mol. The zero-order valence-corrected chi connectivity index (χ0v) is 10.8. The minimum Gasteiger partial charge on any atom is -0.379 e. The van der Waals surface area contributed by atoms with Gasteiger partial charge in [0.2, 0.25) is 0 Å². The number of rotatable bonds is 9. The van der Waals surface area contributed by atoms with Crippen LogP contribution in [0.3, 0.4) is 0 Å². The first-order chi connectivity index (χ1) is 7.05. The second kappa shape index (κ2) is 7.89. The fourth-order valence-corrected chi connectivity index (χ4v) is 1.62. The predicted molar refractivity (Wildman–Crippen MR) is 67.2 cm³/mol. The Morgan fingerprint density at radius 1 is 1.47 bits per heavy atom. The minimum atomic E-state index is -0.0351. The van der Waals surface area contributed by atoms with E-state index in [4.69, 9.17) is 4.74 Å². The summed E-state index contributed by atoms with van der Waals surface area (Å²) in [4.78, 5) is 0. The SMILES string of the molecule is C=CCCC(CC(C)(C)OC)NCCC. The lowest BCUT2D eigenvalue weighted by molar-refractivity contribution is 0.00649. The van der Waals surface area contributed by atoms with Gasteiger partial charge in [-0.1, -0.05) is 13.0 Å². The Labute approximate surface area is 95.1 Å². The highest BCUT2D eigenvalue weighted by Crippen LogP contribution is 2.18. The van der Waals surface area contributed by atoms with Gasteiger partial charge >= 0.3 is 0 Å². The molecular formula is C13H27NO. The van der Waals surface area contributed by atoms with Gasteiger partial charge < -0.3 is 10.1 Å². The summed E-state index contributed by atoms with van der Waals surface area (Å²) in [6, 6.07) is 0.540. The molecule has 0 radical (unpaired) electrons. The normalized spacial score (nSPS) is 13.9. The van der Waals surface area contributed by atoms with Gasteiger partial charge in [0.25, 0.3) is 0 Å². The maximum Gasteiger partial charge on any atom is 0.0637 e. The fraction of sp³-hybridized carbons (Fsp3) is 0.846. The smallest absolute Gasteiger partial charge is 0.0637 e. The van der Waals surface area contributed by atoms with Crippen molar-refractivity contribution in [3.8, 4) is 0 Å². The van der Waals surface area contributed by atoms with Crippen LogP contribution in [0.25, 0.3) is 0 Å². The van der Waals surface area contributed by atoms with Crippen molar-refractivity contribution in [1.82, 2.24) is 5.32 Å². The van der Waals surface area contributed by atoms with Crippen LogP contribution < -0.4 is 5.32 Å². The molecule has 0 aromatic rings. The lowest BCUT2D eigenvalue weighted by Crippen LogP contribution is -2.37. The molecule has 0 rings (SSSR count). The van der Waals surface area contributed by atoms with Crippen molar-refractivity contribution in [2.75, 3.05) is 13.7 Å². The zero-order chi connectivity index (χ0) is 11.7. The van der Waals surface area contributed by atoms with Gasteiger partial charge in [-0.05, 0) is 46.1 Å². The number of nitrogens with one attached hydrogen (secondary N) is 1. The molecule has 0 fully saturated rings. The first kappa shape index (κ1) is 14.7. The molecular weight excluding hydrogens is 186 g/mol. The van der Waals surface area contributed by atoms with Crippen molar-refractivity contribution in [2.45, 2.75) is 58.1 Å². The third-order valence-electron chi connectivity index (χ3n) is 2.69. The minimum absolute atomic E-state index is 0.0351. The zero-order valence-electron chi connectivity index (χ0n) is 10.8. The molecule has 2 nitrogen and oxygen atoms in total. The van der Waals surface area contributed by atoms with Crippen molar-refractivity contribution in [2.24, 2.45) is 0 Å². The summed E-state index contributed by atoms with van der Waals surface area (Å²) in [6.45, 7) is 11.3. The van der Waals surface area contributed by atoms with Crippen LogP contribution in [0, 0.1) is 0 Å². The Balaban J connectivity index is 4.03. The molecule has 0 aliphatic rings. The van der Waals surface area contributed by atoms with Crippen LogP contribution in [-0.4, -0.2) is 25.3 Å². The van der Waals surface area contributed by atoms with E-state index in [1.165, 1.54) is 6.42 Å². The van der Waals surface area contributed by atoms with Crippen LogP contribution in [0.2, 0.25) is 0 Å². The standard InChI is InChI=1S/C13H27NO/c1-6-8-9-12(14-10-7-2)11-13(3,4)15-5/h6,12,14H,1,7-11H2,2-5H3. The van der Waals surface area contributed by atoms with Crippen molar-refractivity contribution in [3.05, 3.63) is 12.7 Å². The third kappa shape index (κ3) is 7.57. The maximum atomic E-state index is 5.46. The summed E-state index contributed by atoms with van der Waals surface area (Å²) in [6.07, 6.45) is 6.44. The average Bonchev–Trinajstić information content (AvgIpc) is 2.22. The molecule has 0 saturated carbocycles. The number of hydrogen-bond donors (Lipinski definition) is 1. The fourth-order valence-electron chi connectivity index (χ4n) is 1.62. The first-order valence-corrected chi connectivity index (χ1v) is 5.95. The summed E-state index contributed by atoms with van der Waals surface area (Å²) >= 11 is 0. The molecule has 15 heavy (non-hydrogen) atoms. The van der Waals surface area contributed by atoms with Crippen molar-refractivity contribution in [1.29, 1.82) is 0 Å². The van der Waals surface area contributed by atoms with E-state index in [0.717, 1.165) is 25.8 Å². The topological polar surface area (TPSA) is 21.3 Å². The molecule has 1 N–H and O–H groups in total. The predicted octanol–water partition coefficient (Wildman–Crippen LogP) is 3.14. The third-order valence-corrected chi connectivity index (χ3v) is 2.69. The number of ether oxygens (including phenoxy) is 1. The second-order valence-corrected chi connectivity index (χ2v) is 4.69. The van der Waals surface area contributed by atoms with Gasteiger partial charge in [-0.2, -0.15) is 0 Å². The van der Waals surface area contributed by atoms with Crippen molar-refractivity contribution < 1.29 is 4.74 Å². The Bertz CT molecular complexity index is 166. The average molecular weight is 213 g/mol. The summed E-state index contributed by atoms with van der Waals surface area (Å²) in [5.41, 5.74) is -0.0351. The molecule has 0 heterocycles. The van der Waals surface area contributed by atoms with E-state index in [1.807, 2.05) is 6.08 Å². The van der Waals surface area contributed by atoms with E-state index in [1.54, 1.807) is 7.11 Å². The molecule has 2 heteroatoms. The molecule has 0 amide bonds. The molecule has 0 aliphatic heterocycles. The highest BCUT2D eigenvalue weighted by molar-refractivity contribution is 4.80. The van der Waals surface area contributed by atoms with Crippen LogP contribution in [0.5, 0.6) is 0 Å². The quantitative estimate of drug-likeness (QED) is 0.594. The van der Waals surface area contributed by atoms with E-state index in [9.17, 15) is 0 Å². The summed E-state index contributed by atoms with van der Waals surface area (Å²) < 4.78 is 5.46. The molecule has 1 atom stereocenters. The Morgan fingerprint density at radius 2 is 2.13 bits per heavy atom. The van der Waals surface area contributed by atoms with E-state index < -0.39 is 0 Å². The second-order valence-electron chi connectivity index (χ2n) is 4.69. The van der Waals surface area contributed by atoms with Gasteiger partial charge in [-0.15, -0.1) is 6.58 Å². The highest BCUT2D eigenvalue weighted by atomic mass is 16.5. The number of allylic oxidation sites excluding steroid dienone is 1. The van der Waals surface area contributed by atoms with Gasteiger partial charge in [0.1, 0.15) is 0 Å². The van der Waals surface area contributed by atoms with Crippen LogP contribution in [0.1, 0.15) is 46.5 Å². The van der Waals surface area contributed by atoms with Crippen LogP contribution in [0.15, 0.2) is 12.7 Å². The van der Waals surface area contributed by atoms with Gasteiger partial charge in [0.15, 0.2) is 0 Å². The largest absolute Gasteiger partial charge is 0.379 e. The Morgan fingerprint density at radius 3 is 2.60 bits per heavy atom. The molecule has 1 unspecified atom stereocenters. The van der Waals surface area contributed by atoms with Gasteiger partial charge in [0, 0.05) is 13.2 Å². The van der Waals surface area contributed by atoms with Gasteiger partial charge in [-0.25, -0.2) is 0 Å². The molecule has 0 spiro atoms. The molecule has 0 aromatic carbocycles. The van der Waals surface area contributed by atoms with Crippen LogP contribution in [0.4, 0.5) is 0 Å². The number of methoxy groups -OCH3 is 1. The van der Waals surface area contributed by atoms with E-state index in [0.29, 0.717) is 6.04 Å². The van der Waals surface area contributed by atoms with Crippen molar-refractivity contribution >= 4 is 0 Å². The molecule has 0 aromatic heterocycles. The Kier molecular flexibility index (Phi) is 7.71. The molecule has 0 saturated heterocycles. The summed E-state index contributed by atoms with van der Waals surface area (Å²) in [5, 5.41) is 3.57. The lowest BCUT2D eigenvalue weighted by Gasteiger charge is -2.29. The summed E-state index contributed by atoms with van der Waals surface area (Å²) in [5.74, 6) is 0. The number of hydrogen-bond acceptors (Lipinski definition) is 2. The molecule has 90 valence electrons. The first-order valence-electron chi connectivity index (χ1n) is 5.95. The lowest BCUT2D eigenvalue weighted by atomic mass is 9.95. The van der Waals surface area contributed by atoms with E-state index in [-0.39, 0.29) is 5.60 Å². The summed E-state index contributed by atoms with van der Waals surface area (Å²) in [7, 11) is 1.78. The van der Waals surface area contributed by atoms with Crippen LogP contribution in [-0.2, 0) is 4.74 Å². The van der Waals surface area contributed by atoms with Crippen LogP contribution >= 0.6 is 0 Å². The van der Waals surface area contributed by atoms with Gasteiger partial charge in [0.05, 0.1) is 5.60 Å². The Hall–Kier alpha value is -0.340. The molecule has 0 aliphatic carbocycles.